The van der Waals surface area contributed by atoms with Crippen molar-refractivity contribution in [3.8, 4) is 0 Å². The van der Waals surface area contributed by atoms with Gasteiger partial charge >= 0.3 is 0 Å². The summed E-state index contributed by atoms with van der Waals surface area (Å²) in [6, 6.07) is 0. The number of aliphatic hydroxyl groups excluding tert-OH is 1. The lowest BCUT2D eigenvalue weighted by Crippen LogP contribution is -2.31. The molecule has 0 bridgehead atoms. The third-order valence-electron chi connectivity index (χ3n) is 4.27. The van der Waals surface area contributed by atoms with E-state index in [1.807, 2.05) is 0 Å². The summed E-state index contributed by atoms with van der Waals surface area (Å²) in [5, 5.41) is 10.3. The zero-order valence-electron chi connectivity index (χ0n) is 10.8. The molecular formula is C14H28O. The molecule has 1 N–H and O–H groups in total. The van der Waals surface area contributed by atoms with Crippen molar-refractivity contribution in [2.75, 3.05) is 0 Å². The molecule has 0 heterocycles. The Morgan fingerprint density at radius 3 is 2.20 bits per heavy atom. The minimum absolute atomic E-state index is 0.0382. The van der Waals surface area contributed by atoms with Crippen LogP contribution >= 0.6 is 0 Å². The van der Waals surface area contributed by atoms with Gasteiger partial charge in [0.25, 0.3) is 0 Å². The fourth-order valence-corrected chi connectivity index (χ4v) is 3.03. The molecule has 1 fully saturated rings. The van der Waals surface area contributed by atoms with Crippen LogP contribution < -0.4 is 0 Å². The van der Waals surface area contributed by atoms with E-state index in [9.17, 15) is 5.11 Å². The van der Waals surface area contributed by atoms with Crippen LogP contribution in [0.4, 0.5) is 0 Å². The predicted molar refractivity (Wildman–Crippen MR) is 65.9 cm³/mol. The molecule has 0 aromatic heterocycles. The Labute approximate surface area is 95.3 Å². The van der Waals surface area contributed by atoms with Gasteiger partial charge in [0.2, 0.25) is 0 Å². The van der Waals surface area contributed by atoms with Gasteiger partial charge in [-0.2, -0.15) is 0 Å². The summed E-state index contributed by atoms with van der Waals surface area (Å²) >= 11 is 0. The highest BCUT2D eigenvalue weighted by Crippen LogP contribution is 2.45. The van der Waals surface area contributed by atoms with E-state index in [1.54, 1.807) is 0 Å². The van der Waals surface area contributed by atoms with Gasteiger partial charge in [-0.05, 0) is 37.0 Å². The second kappa shape index (κ2) is 5.89. The largest absolute Gasteiger partial charge is 0.393 e. The lowest BCUT2D eigenvalue weighted by Gasteiger charge is -2.33. The van der Waals surface area contributed by atoms with E-state index >= 15 is 0 Å². The molecule has 90 valence electrons. The highest BCUT2D eigenvalue weighted by atomic mass is 16.3. The van der Waals surface area contributed by atoms with Crippen LogP contribution in [-0.4, -0.2) is 11.2 Å². The lowest BCUT2D eigenvalue weighted by molar-refractivity contribution is 0.0167. The molecule has 15 heavy (non-hydrogen) atoms. The summed E-state index contributed by atoms with van der Waals surface area (Å²) < 4.78 is 0. The van der Waals surface area contributed by atoms with Crippen molar-refractivity contribution < 1.29 is 5.11 Å². The Morgan fingerprint density at radius 2 is 1.73 bits per heavy atom. The summed E-state index contributed by atoms with van der Waals surface area (Å²) in [5.41, 5.74) is 0.289. The molecule has 1 saturated carbocycles. The first kappa shape index (κ1) is 13.0. The van der Waals surface area contributed by atoms with Crippen LogP contribution in [0.1, 0.15) is 72.1 Å². The molecule has 0 radical (unpaired) electrons. The summed E-state index contributed by atoms with van der Waals surface area (Å²) in [7, 11) is 0. The third-order valence-corrected chi connectivity index (χ3v) is 4.27. The minimum Gasteiger partial charge on any atom is -0.393 e. The maximum absolute atomic E-state index is 10.3. The molecule has 1 atom stereocenters. The van der Waals surface area contributed by atoms with Crippen molar-refractivity contribution in [1.82, 2.24) is 0 Å². The fourth-order valence-electron chi connectivity index (χ4n) is 3.03. The normalized spacial score (nSPS) is 22.2. The molecule has 1 aliphatic carbocycles. The van der Waals surface area contributed by atoms with E-state index in [1.165, 1.54) is 38.5 Å². The predicted octanol–water partition coefficient (Wildman–Crippen LogP) is 4.14. The van der Waals surface area contributed by atoms with Crippen LogP contribution in [0.25, 0.3) is 0 Å². The van der Waals surface area contributed by atoms with E-state index in [0.717, 1.165) is 18.8 Å². The van der Waals surface area contributed by atoms with Gasteiger partial charge in [-0.3, -0.25) is 0 Å². The first-order valence-electron chi connectivity index (χ1n) is 6.79. The van der Waals surface area contributed by atoms with E-state index in [0.29, 0.717) is 0 Å². The highest BCUT2D eigenvalue weighted by molar-refractivity contribution is 4.89. The van der Waals surface area contributed by atoms with Crippen molar-refractivity contribution >= 4 is 0 Å². The maximum Gasteiger partial charge on any atom is 0.0596 e. The molecule has 1 rings (SSSR count). The number of rotatable bonds is 6. The van der Waals surface area contributed by atoms with Crippen LogP contribution in [0, 0.1) is 11.3 Å². The summed E-state index contributed by atoms with van der Waals surface area (Å²) in [6.45, 7) is 6.77. The van der Waals surface area contributed by atoms with Crippen LogP contribution in [0.5, 0.6) is 0 Å². The van der Waals surface area contributed by atoms with Gasteiger partial charge in [-0.1, -0.05) is 46.5 Å². The van der Waals surface area contributed by atoms with Crippen molar-refractivity contribution in [3.63, 3.8) is 0 Å². The summed E-state index contributed by atoms with van der Waals surface area (Å²) in [6.07, 6.45) is 9.77. The average Bonchev–Trinajstić information content (AvgIpc) is 2.66. The van der Waals surface area contributed by atoms with Crippen molar-refractivity contribution in [2.45, 2.75) is 78.2 Å². The molecule has 1 aliphatic rings. The topological polar surface area (TPSA) is 20.2 Å². The van der Waals surface area contributed by atoms with Gasteiger partial charge < -0.3 is 5.11 Å². The van der Waals surface area contributed by atoms with Gasteiger partial charge in [-0.15, -0.1) is 0 Å². The number of hydrogen-bond acceptors (Lipinski definition) is 1. The number of aliphatic hydroxyl groups is 1. The molecule has 0 spiro atoms. The molecule has 0 aromatic rings. The van der Waals surface area contributed by atoms with Gasteiger partial charge in [0.05, 0.1) is 6.10 Å². The Hall–Kier alpha value is -0.0400. The third kappa shape index (κ3) is 3.48. The van der Waals surface area contributed by atoms with Gasteiger partial charge in [0.1, 0.15) is 0 Å². The zero-order chi connectivity index (χ0) is 11.3. The second-order valence-corrected chi connectivity index (χ2v) is 5.76. The Morgan fingerprint density at radius 1 is 1.13 bits per heavy atom. The van der Waals surface area contributed by atoms with Gasteiger partial charge in [-0.25, -0.2) is 0 Å². The molecule has 0 aliphatic heterocycles. The molecular weight excluding hydrogens is 184 g/mol. The molecule has 1 unspecified atom stereocenters. The maximum atomic E-state index is 10.3. The Kier molecular flexibility index (Phi) is 5.11. The van der Waals surface area contributed by atoms with E-state index < -0.39 is 0 Å². The van der Waals surface area contributed by atoms with E-state index in [2.05, 4.69) is 20.8 Å². The van der Waals surface area contributed by atoms with Crippen molar-refractivity contribution in [3.05, 3.63) is 0 Å². The average molecular weight is 212 g/mol. The standard InChI is InChI=1S/C14H28O/c1-4-14(10-5-6-11-14)13(15)9-7-8-12(2)3/h12-13,15H,4-11H2,1-3H3. The molecule has 0 amide bonds. The summed E-state index contributed by atoms with van der Waals surface area (Å²) in [4.78, 5) is 0. The van der Waals surface area contributed by atoms with Crippen molar-refractivity contribution in [1.29, 1.82) is 0 Å². The minimum atomic E-state index is -0.0382. The Balaban J connectivity index is 2.33. The molecule has 0 aromatic carbocycles. The first-order valence-corrected chi connectivity index (χ1v) is 6.79. The number of hydrogen-bond donors (Lipinski definition) is 1. The fraction of sp³-hybridized carbons (Fsp3) is 1.00. The van der Waals surface area contributed by atoms with Gasteiger partial charge in [0.15, 0.2) is 0 Å². The van der Waals surface area contributed by atoms with Crippen LogP contribution in [-0.2, 0) is 0 Å². The van der Waals surface area contributed by atoms with Crippen LogP contribution in [0.2, 0.25) is 0 Å². The SMILES string of the molecule is CCC1(C(O)CCCC(C)C)CCCC1. The summed E-state index contributed by atoms with van der Waals surface area (Å²) in [5.74, 6) is 0.776. The quantitative estimate of drug-likeness (QED) is 0.701. The molecule has 1 heteroatoms. The first-order chi connectivity index (χ1) is 7.10. The highest BCUT2D eigenvalue weighted by Gasteiger charge is 2.38. The van der Waals surface area contributed by atoms with Gasteiger partial charge in [0, 0.05) is 0 Å². The smallest absolute Gasteiger partial charge is 0.0596 e. The van der Waals surface area contributed by atoms with Crippen LogP contribution in [0.15, 0.2) is 0 Å². The lowest BCUT2D eigenvalue weighted by atomic mass is 9.76. The van der Waals surface area contributed by atoms with Crippen LogP contribution in [0.3, 0.4) is 0 Å². The second-order valence-electron chi connectivity index (χ2n) is 5.76. The monoisotopic (exact) mass is 212 g/mol. The van der Waals surface area contributed by atoms with Crippen molar-refractivity contribution in [2.24, 2.45) is 11.3 Å². The molecule has 1 nitrogen and oxygen atoms in total. The Bertz CT molecular complexity index is 168. The zero-order valence-corrected chi connectivity index (χ0v) is 10.8. The van der Waals surface area contributed by atoms with E-state index in [-0.39, 0.29) is 11.5 Å². The van der Waals surface area contributed by atoms with E-state index in [4.69, 9.17) is 0 Å². The molecule has 0 saturated heterocycles.